The Hall–Kier alpha value is -6.14. The molecular weight excluding hydrogens is 637 g/mol. The molecule has 52 heavy (non-hydrogen) atoms. The van der Waals surface area contributed by atoms with Gasteiger partial charge < -0.3 is 14.7 Å². The average Bonchev–Trinajstić information content (AvgIpc) is 3.15. The highest BCUT2D eigenvalue weighted by Gasteiger charge is 2.15. The van der Waals surface area contributed by atoms with Crippen LogP contribution in [0.3, 0.4) is 0 Å². The number of anilines is 3. The van der Waals surface area contributed by atoms with Crippen LogP contribution < -0.4 is 14.7 Å². The van der Waals surface area contributed by atoms with Gasteiger partial charge >= 0.3 is 0 Å². The van der Waals surface area contributed by atoms with Gasteiger partial charge in [-0.2, -0.15) is 10.2 Å². The lowest BCUT2D eigenvalue weighted by atomic mass is 9.85. The number of rotatable bonds is 10. The summed E-state index contributed by atoms with van der Waals surface area (Å²) in [6.45, 7) is 0. The summed E-state index contributed by atoms with van der Waals surface area (Å²) in [7, 11) is 16.5. The van der Waals surface area contributed by atoms with Crippen molar-refractivity contribution in [1.82, 2.24) is 0 Å². The van der Waals surface area contributed by atoms with E-state index in [1.807, 2.05) is 12.1 Å². The lowest BCUT2D eigenvalue weighted by Gasteiger charge is -2.27. The lowest BCUT2D eigenvalue weighted by Crippen LogP contribution is -2.10. The Kier molecular flexibility index (Phi) is 10.9. The SMILES string of the molecule is CN(C)c1ccc(C(=C2C=CC(=[N+](C)C)C=C2)c2cccc(N=Nc3cccc([C-](c4ccc(N(C)C)cc4)c4ccc(N(C)C)cc4)c3)c2)cc1. The van der Waals surface area contributed by atoms with Gasteiger partial charge in [0.2, 0.25) is 0 Å². The quantitative estimate of drug-likeness (QED) is 0.0636. The second kappa shape index (κ2) is 15.8. The number of benzene rings is 5. The highest BCUT2D eigenvalue weighted by molar-refractivity contribution is 6.04. The predicted octanol–water partition coefficient (Wildman–Crippen LogP) is 9.96. The van der Waals surface area contributed by atoms with Gasteiger partial charge in [0.1, 0.15) is 14.1 Å². The molecule has 0 fully saturated rings. The molecule has 262 valence electrons. The summed E-state index contributed by atoms with van der Waals surface area (Å²) in [6, 6.07) is 42.8. The summed E-state index contributed by atoms with van der Waals surface area (Å²) < 4.78 is 2.12. The third-order valence-electron chi connectivity index (χ3n) is 9.24. The second-order valence-corrected chi connectivity index (χ2v) is 13.8. The molecular formula is C46H48N6. The van der Waals surface area contributed by atoms with Crippen molar-refractivity contribution < 1.29 is 4.58 Å². The first-order chi connectivity index (χ1) is 25.1. The second-order valence-electron chi connectivity index (χ2n) is 13.8. The molecule has 5 aromatic rings. The Labute approximate surface area is 309 Å². The summed E-state index contributed by atoms with van der Waals surface area (Å²) in [5, 5.41) is 9.53. The van der Waals surface area contributed by atoms with E-state index in [1.54, 1.807) is 0 Å². The first kappa shape index (κ1) is 35.7. The van der Waals surface area contributed by atoms with Crippen LogP contribution in [0.4, 0.5) is 28.4 Å². The zero-order valence-electron chi connectivity index (χ0n) is 31.5. The third kappa shape index (κ3) is 8.24. The van der Waals surface area contributed by atoms with Gasteiger partial charge in [0.05, 0.1) is 11.4 Å². The van der Waals surface area contributed by atoms with Gasteiger partial charge in [0.25, 0.3) is 0 Å². The first-order valence-corrected chi connectivity index (χ1v) is 17.5. The molecule has 0 amide bonds. The molecule has 0 aromatic heterocycles. The summed E-state index contributed by atoms with van der Waals surface area (Å²) in [5.41, 5.74) is 14.1. The van der Waals surface area contributed by atoms with E-state index in [0.717, 1.165) is 79.0 Å². The number of azo groups is 1. The minimum atomic E-state index is 0.790. The molecule has 0 heterocycles. The highest BCUT2D eigenvalue weighted by atomic mass is 15.1. The van der Waals surface area contributed by atoms with E-state index in [4.69, 9.17) is 10.2 Å². The van der Waals surface area contributed by atoms with Crippen molar-refractivity contribution in [2.75, 3.05) is 71.1 Å². The Balaban J connectivity index is 1.35. The van der Waals surface area contributed by atoms with E-state index in [9.17, 15) is 0 Å². The van der Waals surface area contributed by atoms with E-state index >= 15 is 0 Å². The molecule has 1 aliphatic rings. The maximum absolute atomic E-state index is 4.77. The maximum Gasteiger partial charge on any atom is 0.199 e. The van der Waals surface area contributed by atoms with Crippen molar-refractivity contribution in [3.63, 3.8) is 0 Å². The fourth-order valence-corrected chi connectivity index (χ4v) is 6.27. The van der Waals surface area contributed by atoms with Crippen LogP contribution >= 0.6 is 0 Å². The summed E-state index contributed by atoms with van der Waals surface area (Å²) in [4.78, 5) is 6.36. The average molecular weight is 685 g/mol. The topological polar surface area (TPSA) is 37.5 Å². The van der Waals surface area contributed by atoms with Crippen LogP contribution in [0, 0.1) is 5.92 Å². The Morgan fingerprint density at radius 2 is 0.942 bits per heavy atom. The highest BCUT2D eigenvalue weighted by Crippen LogP contribution is 2.36. The fraction of sp³-hybridized carbons (Fsp3) is 0.174. The first-order valence-electron chi connectivity index (χ1n) is 17.5. The van der Waals surface area contributed by atoms with Gasteiger partial charge in [-0.3, -0.25) is 0 Å². The Bertz CT molecular complexity index is 2090. The van der Waals surface area contributed by atoms with Gasteiger partial charge in [-0.15, -0.1) is 0 Å². The van der Waals surface area contributed by atoms with Crippen molar-refractivity contribution >= 4 is 39.7 Å². The summed E-state index contributed by atoms with van der Waals surface area (Å²) in [6.07, 6.45) is 8.72. The third-order valence-corrected chi connectivity index (χ3v) is 9.24. The van der Waals surface area contributed by atoms with Crippen molar-refractivity contribution in [3.05, 3.63) is 185 Å². The molecule has 0 unspecified atom stereocenters. The zero-order chi connectivity index (χ0) is 36.8. The molecule has 0 aliphatic heterocycles. The van der Waals surface area contributed by atoms with Gasteiger partial charge in [-0.25, -0.2) is 4.58 Å². The lowest BCUT2D eigenvalue weighted by molar-refractivity contribution is -0.462. The van der Waals surface area contributed by atoms with Crippen LogP contribution in [0.15, 0.2) is 161 Å². The van der Waals surface area contributed by atoms with E-state index in [0.29, 0.717) is 0 Å². The van der Waals surface area contributed by atoms with Crippen molar-refractivity contribution in [2.45, 2.75) is 0 Å². The number of nitrogens with zero attached hydrogens (tertiary/aromatic N) is 6. The molecule has 6 heteroatoms. The van der Waals surface area contributed by atoms with Gasteiger partial charge in [-0.05, 0) is 64.8 Å². The molecule has 0 saturated heterocycles. The molecule has 1 aliphatic carbocycles. The van der Waals surface area contributed by atoms with E-state index in [1.165, 1.54) is 0 Å². The molecule has 0 atom stereocenters. The standard InChI is InChI=1S/C46H48N6/c1-49(2)41-23-15-33(16-24-41)45(34-17-25-42(26-18-34)50(3)4)37-11-9-13-39(31-37)47-48-40-14-10-12-38(32-40)46(35-19-27-43(28-20-35)51(5)6)36-21-29-44(30-22-36)52(7)8/h9-32H,1-8H3. The summed E-state index contributed by atoms with van der Waals surface area (Å²) in [5.74, 6) is 1.15. The van der Waals surface area contributed by atoms with Crippen molar-refractivity contribution in [3.8, 4) is 0 Å². The maximum atomic E-state index is 4.77. The van der Waals surface area contributed by atoms with Crippen LogP contribution in [0.2, 0.25) is 0 Å². The normalized spacial score (nSPS) is 12.3. The minimum Gasteiger partial charge on any atom is -0.378 e. The molecule has 6 nitrogen and oxygen atoms in total. The largest absolute Gasteiger partial charge is 0.378 e. The zero-order valence-corrected chi connectivity index (χ0v) is 31.5. The van der Waals surface area contributed by atoms with Gasteiger partial charge in [0, 0.05) is 71.5 Å². The molecule has 0 spiro atoms. The fourth-order valence-electron chi connectivity index (χ4n) is 6.27. The van der Waals surface area contributed by atoms with Crippen LogP contribution in [-0.2, 0) is 0 Å². The van der Waals surface area contributed by atoms with Crippen LogP contribution in [-0.4, -0.2) is 66.7 Å². The predicted molar refractivity (Wildman–Crippen MR) is 221 cm³/mol. The van der Waals surface area contributed by atoms with Crippen LogP contribution in [0.5, 0.6) is 0 Å². The monoisotopic (exact) mass is 684 g/mol. The number of hydrogen-bond acceptors (Lipinski definition) is 5. The molecule has 0 saturated carbocycles. The van der Waals surface area contributed by atoms with Crippen LogP contribution in [0.1, 0.15) is 27.8 Å². The minimum absolute atomic E-state index is 0.790. The molecule has 0 bridgehead atoms. The number of hydrogen-bond donors (Lipinski definition) is 0. The summed E-state index contributed by atoms with van der Waals surface area (Å²) >= 11 is 0. The van der Waals surface area contributed by atoms with Gasteiger partial charge in [-0.1, -0.05) is 114 Å². The molecule has 6 rings (SSSR count). The Morgan fingerprint density at radius 1 is 0.481 bits per heavy atom. The van der Waals surface area contributed by atoms with Gasteiger partial charge in [0.15, 0.2) is 5.71 Å². The molecule has 0 radical (unpaired) electrons. The van der Waals surface area contributed by atoms with E-state index in [-0.39, 0.29) is 0 Å². The number of allylic oxidation sites excluding steroid dienone is 5. The molecule has 5 aromatic carbocycles. The van der Waals surface area contributed by atoms with E-state index in [2.05, 4.69) is 209 Å². The Morgan fingerprint density at radius 3 is 1.42 bits per heavy atom. The van der Waals surface area contributed by atoms with E-state index < -0.39 is 0 Å². The molecule has 0 N–H and O–H groups in total. The van der Waals surface area contributed by atoms with Crippen molar-refractivity contribution in [2.24, 2.45) is 10.2 Å². The van der Waals surface area contributed by atoms with Crippen LogP contribution in [0.25, 0.3) is 5.57 Å². The smallest absolute Gasteiger partial charge is 0.199 e. The van der Waals surface area contributed by atoms with Crippen molar-refractivity contribution in [1.29, 1.82) is 0 Å².